The number of halogens is 2. The van der Waals surface area contributed by atoms with Crippen LogP contribution in [0, 0.1) is 11.7 Å². The summed E-state index contributed by atoms with van der Waals surface area (Å²) in [5.74, 6) is -0.215. The topological polar surface area (TPSA) is 58.4 Å². The fourth-order valence-electron chi connectivity index (χ4n) is 2.35. The van der Waals surface area contributed by atoms with Crippen LogP contribution in [0.15, 0.2) is 24.3 Å². The molecule has 1 aliphatic rings. The molecule has 1 saturated heterocycles. The van der Waals surface area contributed by atoms with Gasteiger partial charge in [0.15, 0.2) is 0 Å². The second-order valence-corrected chi connectivity index (χ2v) is 5.19. The van der Waals surface area contributed by atoms with Gasteiger partial charge in [-0.25, -0.2) is 4.39 Å². The van der Waals surface area contributed by atoms with Crippen LogP contribution in [0.2, 0.25) is 0 Å². The molecule has 1 aliphatic heterocycles. The average Bonchev–Trinajstić information content (AvgIpc) is 2.37. The number of amides is 1. The Labute approximate surface area is 124 Å². The average molecular weight is 302 g/mol. The molecule has 112 valence electrons. The van der Waals surface area contributed by atoms with Crippen molar-refractivity contribution in [1.29, 1.82) is 0 Å². The van der Waals surface area contributed by atoms with E-state index in [1.807, 2.05) is 0 Å². The minimum absolute atomic E-state index is 0. The standard InChI is InChI=1S/C14H20FN3O.ClH/c1-10-8-18(7-6-12(10)16)9-14(19)17-13-5-3-2-4-11(13)15;/h2-5,10,12H,6-9,16H2,1H3,(H,17,19);1H. The second-order valence-electron chi connectivity index (χ2n) is 5.19. The minimum Gasteiger partial charge on any atom is -0.327 e. The maximum absolute atomic E-state index is 13.4. The molecule has 1 heterocycles. The van der Waals surface area contributed by atoms with Gasteiger partial charge < -0.3 is 11.1 Å². The van der Waals surface area contributed by atoms with Gasteiger partial charge in [0.25, 0.3) is 0 Å². The summed E-state index contributed by atoms with van der Waals surface area (Å²) in [7, 11) is 0. The Balaban J connectivity index is 0.00000200. The number of para-hydroxylation sites is 1. The molecular weight excluding hydrogens is 281 g/mol. The zero-order valence-electron chi connectivity index (χ0n) is 11.5. The van der Waals surface area contributed by atoms with E-state index in [9.17, 15) is 9.18 Å². The molecular formula is C14H21ClFN3O. The van der Waals surface area contributed by atoms with Crippen LogP contribution in [0.3, 0.4) is 0 Å². The molecule has 4 nitrogen and oxygen atoms in total. The number of nitrogens with zero attached hydrogens (tertiary/aromatic N) is 1. The number of rotatable bonds is 3. The van der Waals surface area contributed by atoms with Crippen molar-refractivity contribution >= 4 is 24.0 Å². The molecule has 0 radical (unpaired) electrons. The summed E-state index contributed by atoms with van der Waals surface area (Å²) >= 11 is 0. The molecule has 6 heteroatoms. The first kappa shape index (κ1) is 16.9. The molecule has 1 amide bonds. The molecule has 0 spiro atoms. The molecule has 2 rings (SSSR count). The number of carbonyl (C=O) groups is 1. The molecule has 3 N–H and O–H groups in total. The third kappa shape index (κ3) is 4.44. The van der Waals surface area contributed by atoms with Gasteiger partial charge in [-0.1, -0.05) is 19.1 Å². The number of hydrogen-bond acceptors (Lipinski definition) is 3. The van der Waals surface area contributed by atoms with Crippen molar-refractivity contribution in [2.24, 2.45) is 11.7 Å². The number of hydrogen-bond donors (Lipinski definition) is 2. The summed E-state index contributed by atoms with van der Waals surface area (Å²) in [6, 6.07) is 6.39. The highest BCUT2D eigenvalue weighted by Gasteiger charge is 2.24. The maximum Gasteiger partial charge on any atom is 0.238 e. The van der Waals surface area contributed by atoms with Crippen LogP contribution < -0.4 is 11.1 Å². The Morgan fingerprint density at radius 2 is 2.20 bits per heavy atom. The zero-order valence-corrected chi connectivity index (χ0v) is 12.3. The number of carbonyl (C=O) groups excluding carboxylic acids is 1. The lowest BCUT2D eigenvalue weighted by molar-refractivity contribution is -0.117. The van der Waals surface area contributed by atoms with Crippen molar-refractivity contribution in [3.05, 3.63) is 30.1 Å². The van der Waals surface area contributed by atoms with E-state index in [-0.39, 0.29) is 36.6 Å². The monoisotopic (exact) mass is 301 g/mol. The van der Waals surface area contributed by atoms with E-state index in [0.717, 1.165) is 19.5 Å². The Kier molecular flexibility index (Phi) is 6.39. The minimum atomic E-state index is -0.412. The number of nitrogens with one attached hydrogen (secondary N) is 1. The summed E-state index contributed by atoms with van der Waals surface area (Å²) in [5, 5.41) is 2.60. The van der Waals surface area contributed by atoms with Crippen molar-refractivity contribution in [3.8, 4) is 0 Å². The van der Waals surface area contributed by atoms with Gasteiger partial charge >= 0.3 is 0 Å². The molecule has 20 heavy (non-hydrogen) atoms. The highest BCUT2D eigenvalue weighted by Crippen LogP contribution is 2.15. The number of anilines is 1. The van der Waals surface area contributed by atoms with Crippen LogP contribution in [0.5, 0.6) is 0 Å². The van der Waals surface area contributed by atoms with Crippen LogP contribution in [-0.4, -0.2) is 36.5 Å². The van der Waals surface area contributed by atoms with Crippen LogP contribution in [0.4, 0.5) is 10.1 Å². The maximum atomic E-state index is 13.4. The van der Waals surface area contributed by atoms with Crippen molar-refractivity contribution < 1.29 is 9.18 Å². The van der Waals surface area contributed by atoms with Gasteiger partial charge in [-0.3, -0.25) is 9.69 Å². The van der Waals surface area contributed by atoms with Gasteiger partial charge in [0.05, 0.1) is 12.2 Å². The van der Waals surface area contributed by atoms with Crippen LogP contribution in [0.25, 0.3) is 0 Å². The largest absolute Gasteiger partial charge is 0.327 e. The molecule has 0 aliphatic carbocycles. The third-order valence-corrected chi connectivity index (χ3v) is 3.57. The summed E-state index contributed by atoms with van der Waals surface area (Å²) in [6.07, 6.45) is 0.897. The number of likely N-dealkylation sites (tertiary alicyclic amines) is 1. The normalized spacial score (nSPS) is 22.9. The fraction of sp³-hybridized carbons (Fsp3) is 0.500. The van der Waals surface area contributed by atoms with E-state index in [1.54, 1.807) is 18.2 Å². The van der Waals surface area contributed by atoms with E-state index in [4.69, 9.17) is 5.73 Å². The second kappa shape index (κ2) is 7.57. The van der Waals surface area contributed by atoms with Gasteiger partial charge in [-0.05, 0) is 24.5 Å². The van der Waals surface area contributed by atoms with Crippen LogP contribution >= 0.6 is 12.4 Å². The van der Waals surface area contributed by atoms with Crippen LogP contribution in [-0.2, 0) is 4.79 Å². The van der Waals surface area contributed by atoms with Gasteiger partial charge in [0, 0.05) is 19.1 Å². The molecule has 1 aromatic rings. The van der Waals surface area contributed by atoms with E-state index in [0.29, 0.717) is 5.92 Å². The molecule has 2 unspecified atom stereocenters. The lowest BCUT2D eigenvalue weighted by atomic mass is 9.95. The Bertz CT molecular complexity index is 458. The van der Waals surface area contributed by atoms with E-state index < -0.39 is 5.82 Å². The van der Waals surface area contributed by atoms with Gasteiger partial charge in [0.1, 0.15) is 5.82 Å². The summed E-state index contributed by atoms with van der Waals surface area (Å²) < 4.78 is 13.4. The van der Waals surface area contributed by atoms with Crippen LogP contribution in [0.1, 0.15) is 13.3 Å². The number of nitrogens with two attached hydrogens (primary N) is 1. The third-order valence-electron chi connectivity index (χ3n) is 3.57. The van der Waals surface area contributed by atoms with Crippen molar-refractivity contribution in [1.82, 2.24) is 4.90 Å². The van der Waals surface area contributed by atoms with Gasteiger partial charge in [-0.2, -0.15) is 0 Å². The quantitative estimate of drug-likeness (QED) is 0.896. The predicted molar refractivity (Wildman–Crippen MR) is 80.5 cm³/mol. The summed E-state index contributed by atoms with van der Waals surface area (Å²) in [5.41, 5.74) is 6.17. The lowest BCUT2D eigenvalue weighted by Gasteiger charge is -2.34. The van der Waals surface area contributed by atoms with Gasteiger partial charge in [-0.15, -0.1) is 12.4 Å². The van der Waals surface area contributed by atoms with Crippen molar-refractivity contribution in [2.45, 2.75) is 19.4 Å². The smallest absolute Gasteiger partial charge is 0.238 e. The first-order chi connectivity index (χ1) is 9.06. The lowest BCUT2D eigenvalue weighted by Crippen LogP contribution is -2.48. The Morgan fingerprint density at radius 1 is 1.50 bits per heavy atom. The number of piperidine rings is 1. The Hall–Kier alpha value is -1.17. The van der Waals surface area contributed by atoms with E-state index in [2.05, 4.69) is 17.1 Å². The first-order valence-corrected chi connectivity index (χ1v) is 6.58. The Morgan fingerprint density at radius 3 is 2.85 bits per heavy atom. The fourth-order valence-corrected chi connectivity index (χ4v) is 2.35. The summed E-state index contributed by atoms with van der Waals surface area (Å²) in [4.78, 5) is 13.9. The predicted octanol–water partition coefficient (Wildman–Crippen LogP) is 1.86. The zero-order chi connectivity index (χ0) is 13.8. The highest BCUT2D eigenvalue weighted by molar-refractivity contribution is 5.92. The molecule has 0 aromatic heterocycles. The molecule has 1 fully saturated rings. The van der Waals surface area contributed by atoms with E-state index >= 15 is 0 Å². The first-order valence-electron chi connectivity index (χ1n) is 6.58. The molecule has 1 aromatic carbocycles. The SMILES string of the molecule is CC1CN(CC(=O)Nc2ccccc2F)CCC1N.Cl. The molecule has 0 saturated carbocycles. The van der Waals surface area contributed by atoms with Gasteiger partial charge in [0.2, 0.25) is 5.91 Å². The molecule has 0 bridgehead atoms. The van der Waals surface area contributed by atoms with Crippen molar-refractivity contribution in [3.63, 3.8) is 0 Å². The number of benzene rings is 1. The van der Waals surface area contributed by atoms with Crippen molar-refractivity contribution in [2.75, 3.05) is 25.0 Å². The molecule has 2 atom stereocenters. The summed E-state index contributed by atoms with van der Waals surface area (Å²) in [6.45, 7) is 4.00. The van der Waals surface area contributed by atoms with E-state index in [1.165, 1.54) is 6.07 Å². The highest BCUT2D eigenvalue weighted by atomic mass is 35.5.